The minimum Gasteiger partial charge on any atom is -0.330 e. The molecule has 8 heteroatoms. The number of hydrogen-bond acceptors (Lipinski definition) is 6. The van der Waals surface area contributed by atoms with E-state index < -0.39 is 17.8 Å². The van der Waals surface area contributed by atoms with Gasteiger partial charge in [-0.1, -0.05) is 17.2 Å². The van der Waals surface area contributed by atoms with Gasteiger partial charge in [-0.25, -0.2) is 14.5 Å². The number of imide groups is 1. The van der Waals surface area contributed by atoms with E-state index in [2.05, 4.69) is 10.1 Å². The summed E-state index contributed by atoms with van der Waals surface area (Å²) in [6, 6.07) is 6.33. The van der Waals surface area contributed by atoms with E-state index in [0.29, 0.717) is 16.7 Å². The molecule has 1 aromatic carbocycles. The fourth-order valence-corrected chi connectivity index (χ4v) is 2.37. The van der Waals surface area contributed by atoms with E-state index >= 15 is 0 Å². The molecule has 0 N–H and O–H groups in total. The minimum atomic E-state index is -0.688. The molecule has 0 spiro atoms. The van der Waals surface area contributed by atoms with Gasteiger partial charge < -0.3 is 4.84 Å². The van der Waals surface area contributed by atoms with Gasteiger partial charge in [-0.2, -0.15) is 5.10 Å². The van der Waals surface area contributed by atoms with Gasteiger partial charge in [0, 0.05) is 0 Å². The molecule has 0 fully saturated rings. The van der Waals surface area contributed by atoms with Crippen molar-refractivity contribution in [3.63, 3.8) is 0 Å². The first-order chi connectivity index (χ1) is 11.0. The van der Waals surface area contributed by atoms with Gasteiger partial charge in [0.1, 0.15) is 11.6 Å². The zero-order valence-electron chi connectivity index (χ0n) is 12.6. The average Bonchev–Trinajstić information content (AvgIpc) is 2.97. The SMILES string of the molecule is Cc1nc(C)n(CCC(=O)ON2C(=O)c3ccccc3C2=O)n1. The van der Waals surface area contributed by atoms with Gasteiger partial charge in [0.05, 0.1) is 24.1 Å². The average molecular weight is 314 g/mol. The number of carbonyl (C=O) groups is 3. The molecule has 0 saturated carbocycles. The molecule has 23 heavy (non-hydrogen) atoms. The minimum absolute atomic E-state index is 0.0307. The Bertz CT molecular complexity index is 777. The number of amides is 2. The molecule has 3 rings (SSSR count). The summed E-state index contributed by atoms with van der Waals surface area (Å²) >= 11 is 0. The number of benzene rings is 1. The predicted molar refractivity (Wildman–Crippen MR) is 77.1 cm³/mol. The summed E-state index contributed by atoms with van der Waals surface area (Å²) in [4.78, 5) is 45.1. The summed E-state index contributed by atoms with van der Waals surface area (Å²) in [5.74, 6) is -0.669. The fraction of sp³-hybridized carbons (Fsp3) is 0.267. The topological polar surface area (TPSA) is 94.4 Å². The first kappa shape index (κ1) is 14.9. The van der Waals surface area contributed by atoms with Gasteiger partial charge in [-0.05, 0) is 26.0 Å². The van der Waals surface area contributed by atoms with Gasteiger partial charge >= 0.3 is 5.97 Å². The maximum Gasteiger partial charge on any atom is 0.335 e. The second kappa shape index (κ2) is 5.64. The Morgan fingerprint density at radius 2 is 1.74 bits per heavy atom. The van der Waals surface area contributed by atoms with Crippen LogP contribution in [0.15, 0.2) is 24.3 Å². The monoisotopic (exact) mass is 314 g/mol. The van der Waals surface area contributed by atoms with Crippen molar-refractivity contribution in [2.45, 2.75) is 26.8 Å². The second-order valence-electron chi connectivity index (χ2n) is 5.09. The summed E-state index contributed by atoms with van der Waals surface area (Å²) in [6.07, 6.45) is -0.0307. The molecule has 0 saturated heterocycles. The molecule has 2 heterocycles. The largest absolute Gasteiger partial charge is 0.335 e. The molecule has 8 nitrogen and oxygen atoms in total. The van der Waals surface area contributed by atoms with Crippen LogP contribution in [0, 0.1) is 13.8 Å². The number of hydrogen-bond donors (Lipinski definition) is 0. The standard InChI is InChI=1S/C15H14N4O4/c1-9-16-10(2)18(17-9)8-7-13(20)23-19-14(21)11-5-3-4-6-12(11)15(19)22/h3-6H,7-8H2,1-2H3. The number of hydroxylamine groups is 2. The van der Waals surface area contributed by atoms with Crippen LogP contribution in [0.4, 0.5) is 0 Å². The third-order valence-electron chi connectivity index (χ3n) is 3.44. The molecule has 1 aromatic heterocycles. The van der Waals surface area contributed by atoms with Gasteiger partial charge in [0.2, 0.25) is 0 Å². The van der Waals surface area contributed by atoms with Gasteiger partial charge in [-0.3, -0.25) is 9.59 Å². The maximum atomic E-state index is 12.1. The predicted octanol–water partition coefficient (Wildman–Crippen LogP) is 1.04. The molecule has 1 aliphatic rings. The van der Waals surface area contributed by atoms with Crippen LogP contribution in [0.1, 0.15) is 38.8 Å². The smallest absolute Gasteiger partial charge is 0.330 e. The molecule has 118 valence electrons. The highest BCUT2D eigenvalue weighted by molar-refractivity contribution is 6.20. The first-order valence-corrected chi connectivity index (χ1v) is 7.04. The van der Waals surface area contributed by atoms with Crippen molar-refractivity contribution in [2.75, 3.05) is 0 Å². The van der Waals surface area contributed by atoms with E-state index in [-0.39, 0.29) is 24.1 Å². The van der Waals surface area contributed by atoms with Crippen LogP contribution in [-0.2, 0) is 16.2 Å². The lowest BCUT2D eigenvalue weighted by atomic mass is 10.1. The van der Waals surface area contributed by atoms with E-state index in [1.165, 1.54) is 12.1 Å². The summed E-state index contributed by atoms with van der Waals surface area (Å²) in [5, 5.41) is 4.63. The Morgan fingerprint density at radius 1 is 1.13 bits per heavy atom. The molecule has 2 aromatic rings. The van der Waals surface area contributed by atoms with Crippen molar-refractivity contribution in [3.8, 4) is 0 Å². The highest BCUT2D eigenvalue weighted by atomic mass is 16.7. The Labute approximate surface area is 131 Å². The molecular weight excluding hydrogens is 300 g/mol. The molecule has 0 radical (unpaired) electrons. The van der Waals surface area contributed by atoms with E-state index in [1.54, 1.807) is 30.7 Å². The third-order valence-corrected chi connectivity index (χ3v) is 3.44. The summed E-state index contributed by atoms with van der Waals surface area (Å²) in [7, 11) is 0. The zero-order chi connectivity index (χ0) is 16.6. The van der Waals surface area contributed by atoms with E-state index in [4.69, 9.17) is 4.84 Å². The number of aryl methyl sites for hydroxylation is 3. The zero-order valence-corrected chi connectivity index (χ0v) is 12.6. The van der Waals surface area contributed by atoms with Gasteiger partial charge in [-0.15, -0.1) is 0 Å². The van der Waals surface area contributed by atoms with Crippen LogP contribution in [0.3, 0.4) is 0 Å². The molecule has 0 aliphatic carbocycles. The Balaban J connectivity index is 1.64. The summed E-state index contributed by atoms with van der Waals surface area (Å²) in [5.41, 5.74) is 0.459. The van der Waals surface area contributed by atoms with Crippen molar-refractivity contribution in [2.24, 2.45) is 0 Å². The lowest BCUT2D eigenvalue weighted by Gasteiger charge is -2.12. The van der Waals surface area contributed by atoms with E-state index in [0.717, 1.165) is 0 Å². The lowest BCUT2D eigenvalue weighted by Crippen LogP contribution is -2.33. The van der Waals surface area contributed by atoms with Crippen LogP contribution in [0.25, 0.3) is 0 Å². The highest BCUT2D eigenvalue weighted by Crippen LogP contribution is 2.22. The highest BCUT2D eigenvalue weighted by Gasteiger charge is 2.38. The number of rotatable bonds is 4. The Morgan fingerprint density at radius 3 is 2.26 bits per heavy atom. The van der Waals surface area contributed by atoms with E-state index in [9.17, 15) is 14.4 Å². The molecular formula is C15H14N4O4. The molecule has 1 aliphatic heterocycles. The third kappa shape index (κ3) is 2.70. The quantitative estimate of drug-likeness (QED) is 0.783. The van der Waals surface area contributed by atoms with Crippen molar-refractivity contribution in [3.05, 3.63) is 47.0 Å². The second-order valence-corrected chi connectivity index (χ2v) is 5.09. The normalized spacial score (nSPS) is 13.4. The number of fused-ring (bicyclic) bond motifs is 1. The maximum absolute atomic E-state index is 12.1. The van der Waals surface area contributed by atoms with Crippen LogP contribution in [-0.4, -0.2) is 37.6 Å². The van der Waals surface area contributed by atoms with Gasteiger partial charge in [0.15, 0.2) is 0 Å². The summed E-state index contributed by atoms with van der Waals surface area (Å²) < 4.78 is 1.57. The molecule has 0 unspecified atom stereocenters. The van der Waals surface area contributed by atoms with Crippen molar-refractivity contribution < 1.29 is 19.2 Å². The van der Waals surface area contributed by atoms with Crippen LogP contribution in [0.5, 0.6) is 0 Å². The van der Waals surface area contributed by atoms with Crippen LogP contribution in [0.2, 0.25) is 0 Å². The van der Waals surface area contributed by atoms with E-state index in [1.807, 2.05) is 0 Å². The fourth-order valence-electron chi connectivity index (χ4n) is 2.37. The summed E-state index contributed by atoms with van der Waals surface area (Å²) in [6.45, 7) is 3.78. The Hall–Kier alpha value is -3.03. The van der Waals surface area contributed by atoms with Crippen molar-refractivity contribution in [1.82, 2.24) is 19.8 Å². The van der Waals surface area contributed by atoms with Gasteiger partial charge in [0.25, 0.3) is 11.8 Å². The molecule has 0 atom stereocenters. The lowest BCUT2D eigenvalue weighted by molar-refractivity contribution is -0.168. The molecule has 0 bridgehead atoms. The number of carbonyl (C=O) groups excluding carboxylic acids is 3. The Kier molecular flexibility index (Phi) is 3.65. The van der Waals surface area contributed by atoms with Crippen molar-refractivity contribution in [1.29, 1.82) is 0 Å². The van der Waals surface area contributed by atoms with Crippen LogP contribution < -0.4 is 0 Å². The van der Waals surface area contributed by atoms with Crippen molar-refractivity contribution >= 4 is 17.8 Å². The first-order valence-electron chi connectivity index (χ1n) is 7.04. The number of nitrogens with zero attached hydrogens (tertiary/aromatic N) is 4. The molecule has 2 amide bonds. The van der Waals surface area contributed by atoms with Crippen LogP contribution >= 0.6 is 0 Å². The number of aromatic nitrogens is 3.